The van der Waals surface area contributed by atoms with E-state index in [1.165, 1.54) is 4.88 Å². The number of ether oxygens (including phenoxy) is 1. The third-order valence-corrected chi connectivity index (χ3v) is 5.49. The molecule has 27 heavy (non-hydrogen) atoms. The van der Waals surface area contributed by atoms with Gasteiger partial charge in [0.2, 0.25) is 0 Å². The second kappa shape index (κ2) is 7.55. The molecule has 1 N–H and O–H groups in total. The highest BCUT2D eigenvalue weighted by Gasteiger charge is 2.17. The van der Waals surface area contributed by atoms with Crippen LogP contribution in [0.5, 0.6) is 5.75 Å². The summed E-state index contributed by atoms with van der Waals surface area (Å²) in [6.45, 7) is 4.73. The van der Waals surface area contributed by atoms with Gasteiger partial charge in [-0.15, -0.1) is 11.3 Å². The standard InChI is InChI=1S/C21H18ClN3OS/c1-3-26-17-10-8-16(9-11-17)25-20-19-18(14-4-6-15(22)7-5-14)13(2)27-21(19)24-12-23-20/h4-12H,3H2,1-2H3,(H,23,24,25). The average molecular weight is 396 g/mol. The molecule has 0 saturated carbocycles. The Bertz CT molecular complexity index is 1080. The molecule has 0 atom stereocenters. The van der Waals surface area contributed by atoms with Crippen molar-refractivity contribution in [2.24, 2.45) is 0 Å². The highest BCUT2D eigenvalue weighted by molar-refractivity contribution is 7.19. The molecule has 0 radical (unpaired) electrons. The van der Waals surface area contributed by atoms with Crippen molar-refractivity contribution >= 4 is 44.7 Å². The maximum absolute atomic E-state index is 6.06. The van der Waals surface area contributed by atoms with Gasteiger partial charge in [-0.3, -0.25) is 0 Å². The molecule has 0 bridgehead atoms. The predicted octanol–water partition coefficient (Wildman–Crippen LogP) is 6.46. The summed E-state index contributed by atoms with van der Waals surface area (Å²) in [7, 11) is 0. The number of hydrogen-bond acceptors (Lipinski definition) is 5. The number of thiophene rings is 1. The molecule has 0 saturated heterocycles. The minimum Gasteiger partial charge on any atom is -0.494 e. The summed E-state index contributed by atoms with van der Waals surface area (Å²) in [6, 6.07) is 15.7. The number of rotatable bonds is 5. The summed E-state index contributed by atoms with van der Waals surface area (Å²) in [4.78, 5) is 11.1. The van der Waals surface area contributed by atoms with Crippen molar-refractivity contribution in [1.82, 2.24) is 9.97 Å². The second-order valence-corrected chi connectivity index (χ2v) is 7.66. The number of anilines is 2. The van der Waals surface area contributed by atoms with Crippen LogP contribution >= 0.6 is 22.9 Å². The Hall–Kier alpha value is -2.63. The smallest absolute Gasteiger partial charge is 0.143 e. The summed E-state index contributed by atoms with van der Waals surface area (Å²) in [5.74, 6) is 1.64. The Labute approximate surface area is 166 Å². The molecule has 0 aliphatic heterocycles. The van der Waals surface area contributed by atoms with Crippen LogP contribution in [-0.2, 0) is 0 Å². The van der Waals surface area contributed by atoms with Crippen molar-refractivity contribution in [3.05, 3.63) is 64.8 Å². The SMILES string of the molecule is CCOc1ccc(Nc2ncnc3sc(C)c(-c4ccc(Cl)cc4)c23)cc1. The van der Waals surface area contributed by atoms with Gasteiger partial charge in [0, 0.05) is 21.2 Å². The number of aromatic nitrogens is 2. The predicted molar refractivity (Wildman–Crippen MR) is 113 cm³/mol. The van der Waals surface area contributed by atoms with E-state index in [4.69, 9.17) is 16.3 Å². The molecular formula is C21H18ClN3OS. The van der Waals surface area contributed by atoms with Gasteiger partial charge in [-0.1, -0.05) is 23.7 Å². The number of benzene rings is 2. The fourth-order valence-corrected chi connectivity index (χ4v) is 4.18. The minimum atomic E-state index is 0.651. The van der Waals surface area contributed by atoms with E-state index < -0.39 is 0 Å². The zero-order chi connectivity index (χ0) is 18.8. The van der Waals surface area contributed by atoms with Crippen LogP contribution in [0.3, 0.4) is 0 Å². The van der Waals surface area contributed by atoms with E-state index in [1.54, 1.807) is 17.7 Å². The van der Waals surface area contributed by atoms with Crippen molar-refractivity contribution in [2.45, 2.75) is 13.8 Å². The Morgan fingerprint density at radius 1 is 1.04 bits per heavy atom. The highest BCUT2D eigenvalue weighted by Crippen LogP contribution is 2.41. The molecule has 136 valence electrons. The van der Waals surface area contributed by atoms with E-state index in [9.17, 15) is 0 Å². The molecule has 0 aliphatic carbocycles. The van der Waals surface area contributed by atoms with Crippen LogP contribution in [0.15, 0.2) is 54.9 Å². The third-order valence-electron chi connectivity index (χ3n) is 4.23. The van der Waals surface area contributed by atoms with Gasteiger partial charge in [0.1, 0.15) is 22.7 Å². The normalized spacial score (nSPS) is 10.9. The first-order valence-corrected chi connectivity index (χ1v) is 9.85. The Morgan fingerprint density at radius 3 is 2.48 bits per heavy atom. The van der Waals surface area contributed by atoms with Crippen molar-refractivity contribution < 1.29 is 4.74 Å². The summed E-state index contributed by atoms with van der Waals surface area (Å²) in [6.07, 6.45) is 1.60. The summed E-state index contributed by atoms with van der Waals surface area (Å²) in [5.41, 5.74) is 3.19. The van der Waals surface area contributed by atoms with Crippen LogP contribution in [0.1, 0.15) is 11.8 Å². The van der Waals surface area contributed by atoms with E-state index in [0.717, 1.165) is 43.6 Å². The zero-order valence-electron chi connectivity index (χ0n) is 15.0. The number of nitrogens with zero attached hydrogens (tertiary/aromatic N) is 2. The Balaban J connectivity index is 1.78. The van der Waals surface area contributed by atoms with Crippen molar-refractivity contribution in [3.63, 3.8) is 0 Å². The third kappa shape index (κ3) is 3.61. The summed E-state index contributed by atoms with van der Waals surface area (Å²) >= 11 is 7.73. The fraction of sp³-hybridized carbons (Fsp3) is 0.143. The monoisotopic (exact) mass is 395 g/mol. The first-order chi connectivity index (χ1) is 13.2. The quantitative estimate of drug-likeness (QED) is 0.421. The molecule has 0 unspecified atom stereocenters. The maximum Gasteiger partial charge on any atom is 0.143 e. The molecule has 0 fully saturated rings. The van der Waals surface area contributed by atoms with E-state index in [-0.39, 0.29) is 0 Å². The van der Waals surface area contributed by atoms with Crippen LogP contribution in [-0.4, -0.2) is 16.6 Å². The lowest BCUT2D eigenvalue weighted by Gasteiger charge is -2.10. The molecule has 2 aromatic carbocycles. The van der Waals surface area contributed by atoms with Gasteiger partial charge in [-0.25, -0.2) is 9.97 Å². The molecule has 0 amide bonds. The number of aryl methyl sites for hydroxylation is 1. The molecule has 0 spiro atoms. The summed E-state index contributed by atoms with van der Waals surface area (Å²) in [5, 5.41) is 5.17. The zero-order valence-corrected chi connectivity index (χ0v) is 16.6. The molecule has 6 heteroatoms. The number of halogens is 1. The van der Waals surface area contributed by atoms with Gasteiger partial charge < -0.3 is 10.1 Å². The van der Waals surface area contributed by atoms with Crippen molar-refractivity contribution in [1.29, 1.82) is 0 Å². The van der Waals surface area contributed by atoms with Crippen LogP contribution in [0.2, 0.25) is 5.02 Å². The number of fused-ring (bicyclic) bond motifs is 1. The maximum atomic E-state index is 6.06. The van der Waals surface area contributed by atoms with Gasteiger partial charge in [0.25, 0.3) is 0 Å². The molecular weight excluding hydrogens is 378 g/mol. The highest BCUT2D eigenvalue weighted by atomic mass is 35.5. The van der Waals surface area contributed by atoms with Crippen molar-refractivity contribution in [2.75, 3.05) is 11.9 Å². The van der Waals surface area contributed by atoms with Crippen LogP contribution in [0.4, 0.5) is 11.5 Å². The largest absolute Gasteiger partial charge is 0.494 e. The lowest BCUT2D eigenvalue weighted by molar-refractivity contribution is 0.340. The Kier molecular flexibility index (Phi) is 4.97. The number of nitrogens with one attached hydrogen (secondary N) is 1. The molecule has 4 nitrogen and oxygen atoms in total. The van der Waals surface area contributed by atoms with Crippen molar-refractivity contribution in [3.8, 4) is 16.9 Å². The van der Waals surface area contributed by atoms with Crippen LogP contribution in [0, 0.1) is 6.92 Å². The molecule has 2 aromatic heterocycles. The molecule has 0 aliphatic rings. The second-order valence-electron chi connectivity index (χ2n) is 6.02. The molecule has 4 aromatic rings. The van der Waals surface area contributed by atoms with Crippen LogP contribution < -0.4 is 10.1 Å². The van der Waals surface area contributed by atoms with E-state index in [2.05, 4.69) is 22.2 Å². The average Bonchev–Trinajstić information content (AvgIpc) is 3.01. The first-order valence-electron chi connectivity index (χ1n) is 8.65. The van der Waals surface area contributed by atoms with E-state index in [0.29, 0.717) is 6.61 Å². The topological polar surface area (TPSA) is 47.0 Å². The molecule has 2 heterocycles. The minimum absolute atomic E-state index is 0.651. The van der Waals surface area contributed by atoms with Gasteiger partial charge in [-0.2, -0.15) is 0 Å². The van der Waals surface area contributed by atoms with Gasteiger partial charge in [0.05, 0.1) is 12.0 Å². The van der Waals surface area contributed by atoms with Crippen LogP contribution in [0.25, 0.3) is 21.3 Å². The lowest BCUT2D eigenvalue weighted by atomic mass is 10.0. The van der Waals surface area contributed by atoms with Gasteiger partial charge >= 0.3 is 0 Å². The molecule has 4 rings (SSSR count). The first kappa shape index (κ1) is 17.8. The van der Waals surface area contributed by atoms with E-state index in [1.807, 2.05) is 55.5 Å². The number of hydrogen-bond donors (Lipinski definition) is 1. The fourth-order valence-electron chi connectivity index (χ4n) is 3.04. The Morgan fingerprint density at radius 2 is 1.78 bits per heavy atom. The summed E-state index contributed by atoms with van der Waals surface area (Å²) < 4.78 is 5.51. The van der Waals surface area contributed by atoms with Gasteiger partial charge in [0.15, 0.2) is 0 Å². The van der Waals surface area contributed by atoms with E-state index >= 15 is 0 Å². The van der Waals surface area contributed by atoms with Gasteiger partial charge in [-0.05, 0) is 55.8 Å². The lowest BCUT2D eigenvalue weighted by Crippen LogP contribution is -1.96.